The molecule has 0 spiro atoms. The monoisotopic (exact) mass is 467 g/mol. The lowest BCUT2D eigenvalue weighted by Gasteiger charge is -2.22. The molecule has 12 heteroatoms. The maximum atomic E-state index is 13.3. The average molecular weight is 467 g/mol. The minimum atomic E-state index is -4.54. The van der Waals surface area contributed by atoms with Crippen molar-refractivity contribution in [3.05, 3.63) is 65.9 Å². The van der Waals surface area contributed by atoms with Crippen LogP contribution in [0.2, 0.25) is 0 Å². The molecule has 8 nitrogen and oxygen atoms in total. The maximum Gasteiger partial charge on any atom is 0.416 e. The Balaban J connectivity index is 1.67. The van der Waals surface area contributed by atoms with Crippen LogP contribution in [0.15, 0.2) is 58.2 Å². The van der Waals surface area contributed by atoms with Gasteiger partial charge in [-0.3, -0.25) is 9.10 Å². The number of oxazole rings is 1. The predicted molar refractivity (Wildman–Crippen MR) is 107 cm³/mol. The average Bonchev–Trinajstić information content (AvgIpc) is 3.12. The minimum Gasteiger partial charge on any atom is -0.490 e. The number of ether oxygens (including phenoxy) is 1. The fraction of sp³-hybridized carbons (Fsp3) is 0.200. The van der Waals surface area contributed by atoms with Gasteiger partial charge >= 0.3 is 6.18 Å². The van der Waals surface area contributed by atoms with E-state index in [4.69, 9.17) is 9.15 Å². The van der Waals surface area contributed by atoms with Crippen molar-refractivity contribution in [2.45, 2.75) is 18.0 Å². The second kappa shape index (κ2) is 7.86. The van der Waals surface area contributed by atoms with Crippen molar-refractivity contribution >= 4 is 27.3 Å². The molecule has 0 saturated carbocycles. The van der Waals surface area contributed by atoms with Crippen molar-refractivity contribution in [3.63, 3.8) is 0 Å². The molecule has 168 valence electrons. The lowest BCUT2D eigenvalue weighted by Crippen LogP contribution is -2.32. The Morgan fingerprint density at radius 1 is 1.16 bits per heavy atom. The zero-order chi connectivity index (χ0) is 23.1. The molecule has 4 rings (SSSR count). The summed E-state index contributed by atoms with van der Waals surface area (Å²) in [6.07, 6.45) is -3.43. The number of amides is 1. The first kappa shape index (κ1) is 21.7. The van der Waals surface area contributed by atoms with Gasteiger partial charge in [-0.2, -0.15) is 13.2 Å². The molecule has 1 N–H and O–H groups in total. The number of fused-ring (bicyclic) bond motifs is 1. The lowest BCUT2D eigenvalue weighted by atomic mass is 10.2. The molecule has 0 saturated heterocycles. The van der Waals surface area contributed by atoms with E-state index in [9.17, 15) is 26.4 Å². The number of sulfonamides is 1. The predicted octanol–water partition coefficient (Wildman–Crippen LogP) is 3.84. The van der Waals surface area contributed by atoms with Crippen molar-refractivity contribution < 1.29 is 35.5 Å². The number of hydrogen-bond donors (Lipinski definition) is 1. The topological polar surface area (TPSA) is 102 Å². The van der Waals surface area contributed by atoms with Crippen LogP contribution >= 0.6 is 0 Å². The van der Waals surface area contributed by atoms with Gasteiger partial charge in [-0.25, -0.2) is 13.4 Å². The van der Waals surface area contributed by atoms with E-state index in [2.05, 4.69) is 10.3 Å². The van der Waals surface area contributed by atoms with E-state index in [0.29, 0.717) is 5.76 Å². The lowest BCUT2D eigenvalue weighted by molar-refractivity contribution is -0.137. The van der Waals surface area contributed by atoms with Crippen LogP contribution in [-0.4, -0.2) is 32.5 Å². The third kappa shape index (κ3) is 4.00. The zero-order valence-electron chi connectivity index (χ0n) is 16.5. The van der Waals surface area contributed by atoms with Gasteiger partial charge in [0.15, 0.2) is 12.1 Å². The summed E-state index contributed by atoms with van der Waals surface area (Å²) in [5.74, 6) is -0.237. The van der Waals surface area contributed by atoms with E-state index in [0.717, 1.165) is 35.0 Å². The Kier molecular flexibility index (Phi) is 5.33. The Morgan fingerprint density at radius 2 is 1.88 bits per heavy atom. The van der Waals surface area contributed by atoms with Gasteiger partial charge in [-0.15, -0.1) is 0 Å². The number of rotatable bonds is 3. The van der Waals surface area contributed by atoms with Crippen LogP contribution in [0.25, 0.3) is 0 Å². The number of nitrogens with one attached hydrogen (secondary N) is 1. The van der Waals surface area contributed by atoms with E-state index in [1.807, 2.05) is 0 Å². The molecular formula is C20H16F3N3O5S. The second-order valence-electron chi connectivity index (χ2n) is 6.84. The molecule has 1 aliphatic rings. The molecule has 0 radical (unpaired) electrons. The molecule has 0 fully saturated rings. The summed E-state index contributed by atoms with van der Waals surface area (Å²) in [4.78, 5) is 16.0. The first-order valence-electron chi connectivity index (χ1n) is 9.25. The van der Waals surface area contributed by atoms with Crippen LogP contribution in [-0.2, 0) is 16.2 Å². The highest BCUT2D eigenvalue weighted by Gasteiger charge is 2.34. The van der Waals surface area contributed by atoms with Gasteiger partial charge in [0.25, 0.3) is 15.9 Å². The van der Waals surface area contributed by atoms with E-state index < -0.39 is 27.7 Å². The van der Waals surface area contributed by atoms with Gasteiger partial charge in [-0.1, -0.05) is 0 Å². The van der Waals surface area contributed by atoms with E-state index >= 15 is 0 Å². The third-order valence-electron chi connectivity index (χ3n) is 4.76. The number of anilines is 2. The van der Waals surface area contributed by atoms with E-state index in [1.165, 1.54) is 18.2 Å². The summed E-state index contributed by atoms with van der Waals surface area (Å²) in [6, 6.07) is 7.89. The van der Waals surface area contributed by atoms with E-state index in [-0.39, 0.29) is 40.9 Å². The molecule has 0 aliphatic carbocycles. The van der Waals surface area contributed by atoms with Crippen LogP contribution in [0, 0.1) is 6.92 Å². The van der Waals surface area contributed by atoms with Crippen LogP contribution in [0.4, 0.5) is 24.5 Å². The summed E-state index contributed by atoms with van der Waals surface area (Å²) in [5, 5.41) is 2.55. The van der Waals surface area contributed by atoms with Gasteiger partial charge in [0.2, 0.25) is 0 Å². The minimum absolute atomic E-state index is 0.0168. The van der Waals surface area contributed by atoms with Gasteiger partial charge in [0.05, 0.1) is 17.8 Å². The number of benzene rings is 2. The van der Waals surface area contributed by atoms with Crippen molar-refractivity contribution in [3.8, 4) is 5.75 Å². The van der Waals surface area contributed by atoms with Crippen molar-refractivity contribution in [2.75, 3.05) is 22.8 Å². The molecular weight excluding hydrogens is 451 g/mol. The second-order valence-corrected chi connectivity index (χ2v) is 8.67. The number of nitrogens with zero attached hydrogens (tertiary/aromatic N) is 2. The summed E-state index contributed by atoms with van der Waals surface area (Å²) >= 11 is 0. The van der Waals surface area contributed by atoms with Crippen LogP contribution in [0.3, 0.4) is 0 Å². The summed E-state index contributed by atoms with van der Waals surface area (Å²) in [5.41, 5.74) is -0.622. The highest BCUT2D eigenvalue weighted by molar-refractivity contribution is 7.93. The molecule has 1 aromatic heterocycles. The summed E-state index contributed by atoms with van der Waals surface area (Å²) in [7, 11) is -4.20. The van der Waals surface area contributed by atoms with Gasteiger partial charge in [-0.05, 0) is 49.4 Å². The van der Waals surface area contributed by atoms with Crippen molar-refractivity contribution in [1.29, 1.82) is 0 Å². The van der Waals surface area contributed by atoms with Gasteiger partial charge < -0.3 is 14.5 Å². The Hall–Kier alpha value is -3.54. The standard InChI is InChI=1S/C20H16F3N3O5S/c1-12-18(24-11-31-12)19(27)25-14-4-7-16-17(10-14)32(28,29)26(8-9-30-16)15-5-2-13(3-6-15)20(21,22)23/h2-7,10-11H,8-9H2,1H3,(H,25,27). The van der Waals surface area contributed by atoms with Crippen LogP contribution in [0.1, 0.15) is 21.8 Å². The molecule has 0 atom stereocenters. The Morgan fingerprint density at radius 3 is 2.50 bits per heavy atom. The molecule has 2 heterocycles. The fourth-order valence-corrected chi connectivity index (χ4v) is 4.79. The van der Waals surface area contributed by atoms with E-state index in [1.54, 1.807) is 6.92 Å². The number of alkyl halides is 3. The quantitative estimate of drug-likeness (QED) is 0.628. The molecule has 1 amide bonds. The molecule has 2 aromatic carbocycles. The third-order valence-corrected chi connectivity index (χ3v) is 6.61. The SMILES string of the molecule is Cc1ocnc1C(=O)Nc1ccc2c(c1)S(=O)(=O)N(c1ccc(C(F)(F)F)cc1)CCO2. The molecule has 0 bridgehead atoms. The highest BCUT2D eigenvalue weighted by Crippen LogP contribution is 2.36. The van der Waals surface area contributed by atoms with Crippen LogP contribution < -0.4 is 14.4 Å². The molecule has 1 aliphatic heterocycles. The number of carbonyl (C=O) groups excluding carboxylic acids is 1. The maximum absolute atomic E-state index is 13.3. The molecule has 3 aromatic rings. The molecule has 0 unspecified atom stereocenters. The van der Waals surface area contributed by atoms with Crippen molar-refractivity contribution in [2.24, 2.45) is 0 Å². The molecule has 32 heavy (non-hydrogen) atoms. The van der Waals surface area contributed by atoms with Crippen LogP contribution in [0.5, 0.6) is 5.75 Å². The van der Waals surface area contributed by atoms with Crippen molar-refractivity contribution in [1.82, 2.24) is 4.98 Å². The van der Waals surface area contributed by atoms with Gasteiger partial charge in [0.1, 0.15) is 23.0 Å². The highest BCUT2D eigenvalue weighted by atomic mass is 32.2. The number of aromatic nitrogens is 1. The summed E-state index contributed by atoms with van der Waals surface area (Å²) < 4.78 is 76.7. The van der Waals surface area contributed by atoms with Gasteiger partial charge in [0, 0.05) is 5.69 Å². The zero-order valence-corrected chi connectivity index (χ0v) is 17.3. The smallest absolute Gasteiger partial charge is 0.416 e. The normalized spacial score (nSPS) is 15.4. The Labute approximate surface area is 180 Å². The first-order chi connectivity index (χ1) is 15.1. The number of aryl methyl sites for hydroxylation is 1. The first-order valence-corrected chi connectivity index (χ1v) is 10.7. The summed E-state index contributed by atoms with van der Waals surface area (Å²) in [6.45, 7) is 1.43. The Bertz CT molecular complexity index is 1270. The number of hydrogen-bond acceptors (Lipinski definition) is 6. The fourth-order valence-electron chi connectivity index (χ4n) is 3.18. The number of halogens is 3. The largest absolute Gasteiger partial charge is 0.490 e. The number of carbonyl (C=O) groups is 1.